The first kappa shape index (κ1) is 11.8. The Morgan fingerprint density at radius 3 is 2.53 bits per heavy atom. The van der Waals surface area contributed by atoms with Crippen LogP contribution < -0.4 is 0 Å². The predicted molar refractivity (Wildman–Crippen MR) is 64.3 cm³/mol. The van der Waals surface area contributed by atoms with E-state index in [1.54, 1.807) is 12.1 Å². The molecule has 0 amide bonds. The van der Waals surface area contributed by atoms with Gasteiger partial charge in [-0.3, -0.25) is 14.9 Å². The molecular formula is C13H15NO3. The molecule has 17 heavy (non-hydrogen) atoms. The number of nitro benzene ring substituents is 1. The molecule has 4 nitrogen and oxygen atoms in total. The summed E-state index contributed by atoms with van der Waals surface area (Å²) in [6.07, 6.45) is 6.01. The molecule has 4 heteroatoms. The highest BCUT2D eigenvalue weighted by atomic mass is 16.6. The third kappa shape index (κ3) is 2.35. The molecular weight excluding hydrogens is 218 g/mol. The van der Waals surface area contributed by atoms with Crippen molar-refractivity contribution in [3.63, 3.8) is 0 Å². The fourth-order valence-electron chi connectivity index (χ4n) is 2.67. The summed E-state index contributed by atoms with van der Waals surface area (Å²) >= 11 is 0. The van der Waals surface area contributed by atoms with Crippen molar-refractivity contribution in [2.75, 3.05) is 0 Å². The summed E-state index contributed by atoms with van der Waals surface area (Å²) in [6, 6.07) is 4.75. The zero-order valence-corrected chi connectivity index (χ0v) is 9.59. The standard InChI is InChI=1S/C13H15NO3/c15-9-11-7-4-8-12(14(16)17)13(11)10-5-2-1-3-6-10/h4,7-10H,1-3,5-6H2. The highest BCUT2D eigenvalue weighted by Gasteiger charge is 2.26. The zero-order valence-electron chi connectivity index (χ0n) is 9.59. The molecule has 0 spiro atoms. The van der Waals surface area contributed by atoms with E-state index in [0.717, 1.165) is 32.0 Å². The Hall–Kier alpha value is -1.71. The summed E-state index contributed by atoms with van der Waals surface area (Å²) in [4.78, 5) is 21.7. The Labute approximate surface area is 99.8 Å². The van der Waals surface area contributed by atoms with E-state index >= 15 is 0 Å². The quantitative estimate of drug-likeness (QED) is 0.456. The lowest BCUT2D eigenvalue weighted by Crippen LogP contribution is -2.10. The number of rotatable bonds is 3. The van der Waals surface area contributed by atoms with Crippen molar-refractivity contribution >= 4 is 12.0 Å². The van der Waals surface area contributed by atoms with Crippen molar-refractivity contribution < 1.29 is 9.72 Å². The van der Waals surface area contributed by atoms with E-state index < -0.39 is 0 Å². The molecule has 1 saturated carbocycles. The third-order valence-electron chi connectivity index (χ3n) is 3.45. The normalized spacial score (nSPS) is 16.7. The van der Waals surface area contributed by atoms with Crippen LogP contribution >= 0.6 is 0 Å². The largest absolute Gasteiger partial charge is 0.298 e. The Kier molecular flexibility index (Phi) is 3.52. The number of carbonyl (C=O) groups is 1. The molecule has 0 heterocycles. The van der Waals surface area contributed by atoms with Crippen molar-refractivity contribution in [1.82, 2.24) is 0 Å². The van der Waals surface area contributed by atoms with Gasteiger partial charge < -0.3 is 0 Å². The van der Waals surface area contributed by atoms with Gasteiger partial charge in [-0.15, -0.1) is 0 Å². The molecule has 90 valence electrons. The van der Waals surface area contributed by atoms with Gasteiger partial charge in [0.15, 0.2) is 6.29 Å². The van der Waals surface area contributed by atoms with E-state index in [4.69, 9.17) is 0 Å². The number of carbonyl (C=O) groups excluding carboxylic acids is 1. The fourth-order valence-corrected chi connectivity index (χ4v) is 2.67. The predicted octanol–water partition coefficient (Wildman–Crippen LogP) is 3.46. The van der Waals surface area contributed by atoms with E-state index in [1.165, 1.54) is 12.5 Å². The number of hydrogen-bond acceptors (Lipinski definition) is 3. The van der Waals surface area contributed by atoms with Gasteiger partial charge in [0, 0.05) is 17.2 Å². The van der Waals surface area contributed by atoms with Crippen LogP contribution in [0.1, 0.15) is 53.9 Å². The first-order chi connectivity index (χ1) is 8.24. The lowest BCUT2D eigenvalue weighted by molar-refractivity contribution is -0.385. The number of aldehydes is 1. The minimum Gasteiger partial charge on any atom is -0.298 e. The van der Waals surface area contributed by atoms with Crippen LogP contribution in [0.3, 0.4) is 0 Å². The van der Waals surface area contributed by atoms with E-state index in [9.17, 15) is 14.9 Å². The van der Waals surface area contributed by atoms with Crippen molar-refractivity contribution in [3.05, 3.63) is 39.4 Å². The molecule has 1 aliphatic rings. The summed E-state index contributed by atoms with van der Waals surface area (Å²) in [6.45, 7) is 0. The Morgan fingerprint density at radius 2 is 1.94 bits per heavy atom. The minimum atomic E-state index is -0.378. The van der Waals surface area contributed by atoms with E-state index in [-0.39, 0.29) is 16.5 Å². The summed E-state index contributed by atoms with van der Waals surface area (Å²) in [5.41, 5.74) is 1.22. The number of nitro groups is 1. The minimum absolute atomic E-state index is 0.0986. The van der Waals surface area contributed by atoms with Crippen molar-refractivity contribution in [2.45, 2.75) is 38.0 Å². The second-order valence-electron chi connectivity index (χ2n) is 4.49. The Bertz CT molecular complexity index is 436. The molecule has 0 unspecified atom stereocenters. The van der Waals surface area contributed by atoms with E-state index in [1.807, 2.05) is 0 Å². The van der Waals surface area contributed by atoms with Gasteiger partial charge in [0.2, 0.25) is 0 Å². The Morgan fingerprint density at radius 1 is 1.24 bits per heavy atom. The molecule has 0 N–H and O–H groups in total. The second-order valence-corrected chi connectivity index (χ2v) is 4.49. The molecule has 1 aromatic rings. The first-order valence-electron chi connectivity index (χ1n) is 5.96. The number of benzene rings is 1. The van der Waals surface area contributed by atoms with E-state index in [0.29, 0.717) is 11.1 Å². The van der Waals surface area contributed by atoms with Gasteiger partial charge in [0.05, 0.1) is 4.92 Å². The summed E-state index contributed by atoms with van der Waals surface area (Å²) < 4.78 is 0. The molecule has 1 fully saturated rings. The van der Waals surface area contributed by atoms with Crippen LogP contribution in [-0.2, 0) is 0 Å². The van der Waals surface area contributed by atoms with Crippen LogP contribution in [0.15, 0.2) is 18.2 Å². The van der Waals surface area contributed by atoms with Gasteiger partial charge in [0.1, 0.15) is 0 Å². The second kappa shape index (κ2) is 5.08. The van der Waals surface area contributed by atoms with E-state index in [2.05, 4.69) is 0 Å². The monoisotopic (exact) mass is 233 g/mol. The van der Waals surface area contributed by atoms with Gasteiger partial charge in [-0.25, -0.2) is 0 Å². The molecule has 0 atom stereocenters. The van der Waals surface area contributed by atoms with Crippen LogP contribution in [0.5, 0.6) is 0 Å². The lowest BCUT2D eigenvalue weighted by Gasteiger charge is -2.22. The number of nitrogens with zero attached hydrogens (tertiary/aromatic N) is 1. The summed E-state index contributed by atoms with van der Waals surface area (Å²) in [5.74, 6) is 0.172. The molecule has 1 aliphatic carbocycles. The highest BCUT2D eigenvalue weighted by Crippen LogP contribution is 2.38. The van der Waals surface area contributed by atoms with Crippen LogP contribution in [0.4, 0.5) is 5.69 Å². The molecule has 0 radical (unpaired) electrons. The van der Waals surface area contributed by atoms with Gasteiger partial charge in [-0.2, -0.15) is 0 Å². The maximum atomic E-state index is 11.0. The molecule has 0 aromatic heterocycles. The average molecular weight is 233 g/mol. The molecule has 0 aliphatic heterocycles. The maximum Gasteiger partial charge on any atom is 0.273 e. The SMILES string of the molecule is O=Cc1cccc([N+](=O)[O-])c1C1CCCCC1. The molecule has 0 bridgehead atoms. The summed E-state index contributed by atoms with van der Waals surface area (Å²) in [5, 5.41) is 11.0. The number of hydrogen-bond donors (Lipinski definition) is 0. The van der Waals surface area contributed by atoms with Crippen LogP contribution in [0.25, 0.3) is 0 Å². The Balaban J connectivity index is 2.47. The fraction of sp³-hybridized carbons (Fsp3) is 0.462. The van der Waals surface area contributed by atoms with Crippen molar-refractivity contribution in [2.24, 2.45) is 0 Å². The molecule has 2 rings (SSSR count). The van der Waals surface area contributed by atoms with Crippen molar-refractivity contribution in [3.8, 4) is 0 Å². The molecule has 0 saturated heterocycles. The first-order valence-corrected chi connectivity index (χ1v) is 5.96. The maximum absolute atomic E-state index is 11.0. The van der Waals surface area contributed by atoms with Crippen LogP contribution in [0.2, 0.25) is 0 Å². The highest BCUT2D eigenvalue weighted by molar-refractivity contribution is 5.80. The van der Waals surface area contributed by atoms with Crippen molar-refractivity contribution in [1.29, 1.82) is 0 Å². The van der Waals surface area contributed by atoms with Gasteiger partial charge >= 0.3 is 0 Å². The average Bonchev–Trinajstić information content (AvgIpc) is 2.38. The van der Waals surface area contributed by atoms with Crippen LogP contribution in [-0.4, -0.2) is 11.2 Å². The van der Waals surface area contributed by atoms with Gasteiger partial charge in [-0.1, -0.05) is 31.4 Å². The smallest absolute Gasteiger partial charge is 0.273 e. The lowest BCUT2D eigenvalue weighted by atomic mass is 9.81. The van der Waals surface area contributed by atoms with Gasteiger partial charge in [0.25, 0.3) is 5.69 Å². The zero-order chi connectivity index (χ0) is 12.3. The van der Waals surface area contributed by atoms with Crippen LogP contribution in [0, 0.1) is 10.1 Å². The van der Waals surface area contributed by atoms with Gasteiger partial charge in [-0.05, 0) is 18.8 Å². The molecule has 1 aromatic carbocycles. The topological polar surface area (TPSA) is 60.2 Å². The third-order valence-corrected chi connectivity index (χ3v) is 3.45. The summed E-state index contributed by atoms with van der Waals surface area (Å²) in [7, 11) is 0.